The Morgan fingerprint density at radius 1 is 1.12 bits per heavy atom. The SMILES string of the molecule is O=S(=O)(NC1CCC(Oc2ccc(Cl)cn2)CC1)c1ccccc1F. The Labute approximate surface area is 151 Å². The largest absolute Gasteiger partial charge is 0.474 e. The van der Waals surface area contributed by atoms with Crippen molar-refractivity contribution >= 4 is 21.6 Å². The van der Waals surface area contributed by atoms with E-state index in [0.29, 0.717) is 36.6 Å². The quantitative estimate of drug-likeness (QED) is 0.856. The molecule has 0 bridgehead atoms. The molecular weight excluding hydrogens is 367 g/mol. The zero-order valence-corrected chi connectivity index (χ0v) is 14.9. The number of benzene rings is 1. The normalized spacial score (nSPS) is 21.0. The highest BCUT2D eigenvalue weighted by Gasteiger charge is 2.28. The van der Waals surface area contributed by atoms with Crippen LogP contribution in [0.2, 0.25) is 5.02 Å². The van der Waals surface area contributed by atoms with E-state index in [1.54, 1.807) is 12.1 Å². The molecule has 5 nitrogen and oxygen atoms in total. The summed E-state index contributed by atoms with van der Waals surface area (Å²) in [5.74, 6) is -0.249. The summed E-state index contributed by atoms with van der Waals surface area (Å²) in [6.45, 7) is 0. The molecule has 1 heterocycles. The van der Waals surface area contributed by atoms with Crippen molar-refractivity contribution in [3.05, 3.63) is 53.4 Å². The molecular formula is C17H18ClFN2O3S. The highest BCUT2D eigenvalue weighted by molar-refractivity contribution is 7.89. The third-order valence-corrected chi connectivity index (χ3v) is 5.89. The minimum atomic E-state index is -3.86. The van der Waals surface area contributed by atoms with Crippen LogP contribution < -0.4 is 9.46 Å². The van der Waals surface area contributed by atoms with Gasteiger partial charge in [0.15, 0.2) is 0 Å². The van der Waals surface area contributed by atoms with E-state index in [1.165, 1.54) is 24.4 Å². The van der Waals surface area contributed by atoms with Crippen LogP contribution in [0, 0.1) is 5.82 Å². The Hall–Kier alpha value is -1.70. The van der Waals surface area contributed by atoms with Gasteiger partial charge in [0, 0.05) is 18.3 Å². The molecule has 25 heavy (non-hydrogen) atoms. The van der Waals surface area contributed by atoms with Gasteiger partial charge in [0.05, 0.1) is 5.02 Å². The van der Waals surface area contributed by atoms with Crippen molar-refractivity contribution in [2.75, 3.05) is 0 Å². The average molecular weight is 385 g/mol. The van der Waals surface area contributed by atoms with E-state index in [9.17, 15) is 12.8 Å². The number of aromatic nitrogens is 1. The monoisotopic (exact) mass is 384 g/mol. The number of sulfonamides is 1. The van der Waals surface area contributed by atoms with Gasteiger partial charge in [-0.25, -0.2) is 22.5 Å². The molecule has 1 aromatic carbocycles. The second-order valence-corrected chi connectivity index (χ2v) is 8.08. The number of nitrogens with one attached hydrogen (secondary N) is 1. The Bertz CT molecular complexity index is 822. The molecule has 2 aromatic rings. The predicted octanol–water partition coefficient (Wildman–Crippen LogP) is 3.54. The Morgan fingerprint density at radius 2 is 1.84 bits per heavy atom. The van der Waals surface area contributed by atoms with E-state index in [4.69, 9.17) is 16.3 Å². The number of pyridine rings is 1. The summed E-state index contributed by atoms with van der Waals surface area (Å²) in [5, 5.41) is 0.540. The van der Waals surface area contributed by atoms with Gasteiger partial charge in [0.2, 0.25) is 15.9 Å². The fourth-order valence-electron chi connectivity index (χ4n) is 2.85. The van der Waals surface area contributed by atoms with Crippen LogP contribution in [0.25, 0.3) is 0 Å². The maximum absolute atomic E-state index is 13.7. The Morgan fingerprint density at radius 3 is 2.48 bits per heavy atom. The van der Waals surface area contributed by atoms with E-state index in [0.717, 1.165) is 6.07 Å². The molecule has 0 radical (unpaired) electrons. The third kappa shape index (κ3) is 4.68. The van der Waals surface area contributed by atoms with Gasteiger partial charge in [-0.1, -0.05) is 23.7 Å². The topological polar surface area (TPSA) is 68.3 Å². The van der Waals surface area contributed by atoms with Crippen molar-refractivity contribution in [2.45, 2.75) is 42.7 Å². The molecule has 0 unspecified atom stereocenters. The lowest BCUT2D eigenvalue weighted by Crippen LogP contribution is -2.40. The van der Waals surface area contributed by atoms with Crippen LogP contribution in [-0.4, -0.2) is 25.5 Å². The summed E-state index contributed by atoms with van der Waals surface area (Å²) >= 11 is 5.79. The first-order valence-corrected chi connectivity index (χ1v) is 9.85. The molecule has 0 saturated heterocycles. The van der Waals surface area contributed by atoms with Gasteiger partial charge in [-0.2, -0.15) is 0 Å². The number of nitrogens with zero attached hydrogens (tertiary/aromatic N) is 1. The molecule has 0 aliphatic heterocycles. The molecule has 0 amide bonds. The summed E-state index contributed by atoms with van der Waals surface area (Å²) in [5.41, 5.74) is 0. The number of ether oxygens (including phenoxy) is 1. The first-order valence-electron chi connectivity index (χ1n) is 7.99. The molecule has 1 saturated carbocycles. The van der Waals surface area contributed by atoms with Crippen molar-refractivity contribution in [1.29, 1.82) is 0 Å². The van der Waals surface area contributed by atoms with Crippen LogP contribution >= 0.6 is 11.6 Å². The third-order valence-electron chi connectivity index (χ3n) is 4.11. The second kappa shape index (κ2) is 7.68. The highest BCUT2D eigenvalue weighted by Crippen LogP contribution is 2.25. The summed E-state index contributed by atoms with van der Waals surface area (Å²) in [4.78, 5) is 3.77. The maximum atomic E-state index is 13.7. The fourth-order valence-corrected chi connectivity index (χ4v) is 4.34. The lowest BCUT2D eigenvalue weighted by molar-refractivity contribution is 0.138. The van der Waals surface area contributed by atoms with Gasteiger partial charge in [-0.15, -0.1) is 0 Å². The van der Waals surface area contributed by atoms with E-state index in [2.05, 4.69) is 9.71 Å². The van der Waals surface area contributed by atoms with Crippen molar-refractivity contribution < 1.29 is 17.5 Å². The van der Waals surface area contributed by atoms with Crippen molar-refractivity contribution in [3.63, 3.8) is 0 Å². The first-order chi connectivity index (χ1) is 11.9. The van der Waals surface area contributed by atoms with Crippen LogP contribution in [0.3, 0.4) is 0 Å². The van der Waals surface area contributed by atoms with Gasteiger partial charge in [-0.3, -0.25) is 0 Å². The number of rotatable bonds is 5. The van der Waals surface area contributed by atoms with E-state index < -0.39 is 15.8 Å². The summed E-state index contributed by atoms with van der Waals surface area (Å²) in [6, 6.07) is 8.54. The standard InChI is InChI=1S/C17H18ClFN2O3S/c18-12-5-10-17(20-11-12)24-14-8-6-13(7-9-14)21-25(22,23)16-4-2-1-3-15(16)19/h1-5,10-11,13-14,21H,6-9H2. The minimum Gasteiger partial charge on any atom is -0.474 e. The van der Waals surface area contributed by atoms with Crippen molar-refractivity contribution in [1.82, 2.24) is 9.71 Å². The van der Waals surface area contributed by atoms with Gasteiger partial charge in [0.1, 0.15) is 16.8 Å². The maximum Gasteiger partial charge on any atom is 0.243 e. The molecule has 1 N–H and O–H groups in total. The zero-order chi connectivity index (χ0) is 17.9. The first kappa shape index (κ1) is 18.1. The van der Waals surface area contributed by atoms with Crippen LogP contribution in [-0.2, 0) is 10.0 Å². The van der Waals surface area contributed by atoms with Gasteiger partial charge < -0.3 is 4.74 Å². The molecule has 0 atom stereocenters. The van der Waals surface area contributed by atoms with Crippen molar-refractivity contribution in [2.24, 2.45) is 0 Å². The molecule has 0 spiro atoms. The predicted molar refractivity (Wildman–Crippen MR) is 92.6 cm³/mol. The molecule has 1 aromatic heterocycles. The number of hydrogen-bond donors (Lipinski definition) is 1. The molecule has 3 rings (SSSR count). The lowest BCUT2D eigenvalue weighted by atomic mass is 9.94. The molecule has 1 aliphatic carbocycles. The average Bonchev–Trinajstić information content (AvgIpc) is 2.59. The highest BCUT2D eigenvalue weighted by atomic mass is 35.5. The summed E-state index contributed by atoms with van der Waals surface area (Å²) in [6.07, 6.45) is 4.11. The van der Waals surface area contributed by atoms with Crippen LogP contribution in [0.5, 0.6) is 5.88 Å². The molecule has 1 aliphatic rings. The Kier molecular flexibility index (Phi) is 5.56. The molecule has 8 heteroatoms. The zero-order valence-electron chi connectivity index (χ0n) is 13.4. The molecule has 134 valence electrons. The summed E-state index contributed by atoms with van der Waals surface area (Å²) in [7, 11) is -3.86. The Balaban J connectivity index is 1.55. The van der Waals surface area contributed by atoms with Gasteiger partial charge in [0.25, 0.3) is 0 Å². The van der Waals surface area contributed by atoms with E-state index >= 15 is 0 Å². The van der Waals surface area contributed by atoms with Gasteiger partial charge in [-0.05, 0) is 43.9 Å². The molecule has 1 fully saturated rings. The van der Waals surface area contributed by atoms with Gasteiger partial charge >= 0.3 is 0 Å². The number of halogens is 2. The summed E-state index contributed by atoms with van der Waals surface area (Å²) < 4.78 is 46.7. The van der Waals surface area contributed by atoms with E-state index in [1.807, 2.05) is 0 Å². The lowest BCUT2D eigenvalue weighted by Gasteiger charge is -2.29. The second-order valence-electron chi connectivity index (χ2n) is 5.96. The van der Waals surface area contributed by atoms with Crippen molar-refractivity contribution in [3.8, 4) is 5.88 Å². The number of hydrogen-bond acceptors (Lipinski definition) is 4. The van der Waals surface area contributed by atoms with Crippen LogP contribution in [0.1, 0.15) is 25.7 Å². The van der Waals surface area contributed by atoms with Crippen LogP contribution in [0.4, 0.5) is 4.39 Å². The minimum absolute atomic E-state index is 0.0251. The smallest absolute Gasteiger partial charge is 0.243 e. The fraction of sp³-hybridized carbons (Fsp3) is 0.353. The van der Waals surface area contributed by atoms with E-state index in [-0.39, 0.29) is 17.0 Å². The van der Waals surface area contributed by atoms with Crippen LogP contribution in [0.15, 0.2) is 47.5 Å².